The molecule has 0 aliphatic carbocycles. The number of amides is 3. The summed E-state index contributed by atoms with van der Waals surface area (Å²) in [6.07, 6.45) is 4.56. The zero-order valence-electron chi connectivity index (χ0n) is 18.0. The van der Waals surface area contributed by atoms with E-state index in [2.05, 4.69) is 10.4 Å². The standard InChI is InChI=1S/C25H20N4O5/c30-22(28-13-12-26-25(28)32)16-33-23(31)11-10-18-15-29(19-7-2-1-3-8-19)27-24(18)21-14-17-6-4-5-9-20(17)34-21/h1-11,14-15H,12-13,16H2,(H,26,32)/b11-10-. The summed E-state index contributed by atoms with van der Waals surface area (Å²) in [6.45, 7) is 0.120. The number of aromatic nitrogens is 2. The highest BCUT2D eigenvalue weighted by Gasteiger charge is 2.26. The maximum atomic E-state index is 12.3. The number of nitrogens with one attached hydrogen (secondary N) is 1. The van der Waals surface area contributed by atoms with E-state index in [0.29, 0.717) is 23.6 Å². The molecule has 9 nitrogen and oxygen atoms in total. The minimum atomic E-state index is -0.712. The average Bonchev–Trinajstić information content (AvgIpc) is 3.59. The van der Waals surface area contributed by atoms with Crippen molar-refractivity contribution in [1.82, 2.24) is 20.0 Å². The van der Waals surface area contributed by atoms with Crippen LogP contribution in [0.25, 0.3) is 34.2 Å². The number of imide groups is 1. The number of nitrogens with zero attached hydrogens (tertiary/aromatic N) is 3. The van der Waals surface area contributed by atoms with Crippen LogP contribution in [0.2, 0.25) is 0 Å². The van der Waals surface area contributed by atoms with Crippen molar-refractivity contribution < 1.29 is 23.5 Å². The number of benzene rings is 2. The Labute approximate surface area is 194 Å². The number of hydrogen-bond acceptors (Lipinski definition) is 6. The van der Waals surface area contributed by atoms with Gasteiger partial charge in [-0.1, -0.05) is 36.4 Å². The Morgan fingerprint density at radius 1 is 1.12 bits per heavy atom. The largest absolute Gasteiger partial charge is 0.454 e. The van der Waals surface area contributed by atoms with Gasteiger partial charge in [0.05, 0.1) is 5.69 Å². The second-order valence-electron chi connectivity index (χ2n) is 7.58. The lowest BCUT2D eigenvalue weighted by Gasteiger charge is -2.11. The number of ether oxygens (including phenoxy) is 1. The number of urea groups is 1. The van der Waals surface area contributed by atoms with Gasteiger partial charge in [0.2, 0.25) is 0 Å². The SMILES string of the molecule is O=C(/C=C\c1cn(-c2ccccc2)nc1-c1cc2ccccc2o1)OCC(=O)N1CCNC1=O. The molecule has 1 aliphatic heterocycles. The molecule has 3 amide bonds. The highest BCUT2D eigenvalue weighted by atomic mass is 16.5. The molecule has 0 bridgehead atoms. The Kier molecular flexibility index (Phi) is 5.65. The number of rotatable bonds is 6. The quantitative estimate of drug-likeness (QED) is 0.352. The summed E-state index contributed by atoms with van der Waals surface area (Å²) in [4.78, 5) is 36.9. The summed E-state index contributed by atoms with van der Waals surface area (Å²) < 4.78 is 12.7. The molecule has 0 radical (unpaired) electrons. The van der Waals surface area contributed by atoms with E-state index in [1.54, 1.807) is 17.0 Å². The van der Waals surface area contributed by atoms with Gasteiger partial charge in [0.25, 0.3) is 5.91 Å². The van der Waals surface area contributed by atoms with Crippen LogP contribution < -0.4 is 5.32 Å². The van der Waals surface area contributed by atoms with Crippen molar-refractivity contribution in [2.24, 2.45) is 0 Å². The van der Waals surface area contributed by atoms with Crippen molar-refractivity contribution in [2.75, 3.05) is 19.7 Å². The van der Waals surface area contributed by atoms with Gasteiger partial charge < -0.3 is 14.5 Å². The summed E-state index contributed by atoms with van der Waals surface area (Å²) in [6, 6.07) is 18.6. The van der Waals surface area contributed by atoms with E-state index in [0.717, 1.165) is 21.6 Å². The Morgan fingerprint density at radius 2 is 1.91 bits per heavy atom. The first-order valence-electron chi connectivity index (χ1n) is 10.7. The summed E-state index contributed by atoms with van der Waals surface area (Å²) in [5, 5.41) is 8.13. The lowest BCUT2D eigenvalue weighted by atomic mass is 10.2. The number of esters is 1. The van der Waals surface area contributed by atoms with Crippen molar-refractivity contribution >= 4 is 35.0 Å². The van der Waals surface area contributed by atoms with Crippen LogP contribution in [-0.2, 0) is 14.3 Å². The zero-order valence-corrected chi connectivity index (χ0v) is 18.0. The first-order valence-corrected chi connectivity index (χ1v) is 10.7. The van der Waals surface area contributed by atoms with Gasteiger partial charge in [0.15, 0.2) is 12.4 Å². The van der Waals surface area contributed by atoms with Crippen molar-refractivity contribution in [3.8, 4) is 17.1 Å². The third-order valence-electron chi connectivity index (χ3n) is 5.32. The van der Waals surface area contributed by atoms with Gasteiger partial charge in [-0.05, 0) is 30.3 Å². The smallest absolute Gasteiger partial charge is 0.331 e. The van der Waals surface area contributed by atoms with E-state index in [1.807, 2.05) is 60.7 Å². The zero-order chi connectivity index (χ0) is 23.5. The molecule has 0 saturated carbocycles. The van der Waals surface area contributed by atoms with Crippen molar-refractivity contribution in [1.29, 1.82) is 0 Å². The van der Waals surface area contributed by atoms with Crippen molar-refractivity contribution in [3.05, 3.63) is 78.5 Å². The monoisotopic (exact) mass is 456 g/mol. The van der Waals surface area contributed by atoms with E-state index < -0.39 is 24.5 Å². The number of para-hydroxylation sites is 2. The van der Waals surface area contributed by atoms with Crippen LogP contribution in [0.5, 0.6) is 0 Å². The van der Waals surface area contributed by atoms with Gasteiger partial charge in [-0.2, -0.15) is 5.10 Å². The van der Waals surface area contributed by atoms with Crippen LogP contribution in [0.4, 0.5) is 4.79 Å². The normalized spacial score (nSPS) is 13.5. The third-order valence-corrected chi connectivity index (χ3v) is 5.32. The molecule has 4 aromatic rings. The van der Waals surface area contributed by atoms with Crippen molar-refractivity contribution in [2.45, 2.75) is 0 Å². The lowest BCUT2D eigenvalue weighted by Crippen LogP contribution is -2.37. The van der Waals surface area contributed by atoms with Gasteiger partial charge in [0, 0.05) is 36.3 Å². The van der Waals surface area contributed by atoms with Gasteiger partial charge in [-0.25, -0.2) is 14.3 Å². The fourth-order valence-corrected chi connectivity index (χ4v) is 3.64. The molecule has 3 heterocycles. The predicted octanol–water partition coefficient (Wildman–Crippen LogP) is 3.39. The van der Waals surface area contributed by atoms with E-state index >= 15 is 0 Å². The Bertz CT molecular complexity index is 1370. The van der Waals surface area contributed by atoms with Crippen LogP contribution in [0.1, 0.15) is 5.56 Å². The van der Waals surface area contributed by atoms with E-state index in [4.69, 9.17) is 9.15 Å². The van der Waals surface area contributed by atoms with E-state index in [9.17, 15) is 14.4 Å². The molecule has 0 atom stereocenters. The number of hydrogen-bond donors (Lipinski definition) is 1. The predicted molar refractivity (Wildman–Crippen MR) is 124 cm³/mol. The minimum absolute atomic E-state index is 0.255. The highest BCUT2D eigenvalue weighted by Crippen LogP contribution is 2.30. The lowest BCUT2D eigenvalue weighted by molar-refractivity contribution is -0.146. The molecular weight excluding hydrogens is 436 g/mol. The maximum absolute atomic E-state index is 12.3. The maximum Gasteiger partial charge on any atom is 0.331 e. The van der Waals surface area contributed by atoms with Crippen LogP contribution >= 0.6 is 0 Å². The Morgan fingerprint density at radius 3 is 2.68 bits per heavy atom. The molecule has 1 aliphatic rings. The Hall–Kier alpha value is -4.66. The molecule has 170 valence electrons. The summed E-state index contributed by atoms with van der Waals surface area (Å²) >= 11 is 0. The summed E-state index contributed by atoms with van der Waals surface area (Å²) in [7, 11) is 0. The van der Waals surface area contributed by atoms with Crippen LogP contribution in [0, 0.1) is 0 Å². The molecule has 9 heteroatoms. The van der Waals surface area contributed by atoms with E-state index in [-0.39, 0.29) is 6.54 Å². The molecule has 34 heavy (non-hydrogen) atoms. The fraction of sp³-hybridized carbons (Fsp3) is 0.120. The summed E-state index contributed by atoms with van der Waals surface area (Å²) in [5.74, 6) is -0.730. The molecule has 2 aromatic carbocycles. The van der Waals surface area contributed by atoms with Gasteiger partial charge in [-0.3, -0.25) is 9.69 Å². The number of carbonyl (C=O) groups excluding carboxylic acids is 3. The average molecular weight is 456 g/mol. The van der Waals surface area contributed by atoms with Gasteiger partial charge >= 0.3 is 12.0 Å². The number of fused-ring (bicyclic) bond motifs is 1. The van der Waals surface area contributed by atoms with Crippen molar-refractivity contribution in [3.63, 3.8) is 0 Å². The molecular formula is C25H20N4O5. The number of carbonyl (C=O) groups is 3. The molecule has 0 spiro atoms. The van der Waals surface area contributed by atoms with Gasteiger partial charge in [-0.15, -0.1) is 0 Å². The van der Waals surface area contributed by atoms with Crippen LogP contribution in [0.3, 0.4) is 0 Å². The van der Waals surface area contributed by atoms with Gasteiger partial charge in [0.1, 0.15) is 11.3 Å². The number of furan rings is 1. The molecule has 5 rings (SSSR count). The molecule has 1 N–H and O–H groups in total. The minimum Gasteiger partial charge on any atom is -0.454 e. The van der Waals surface area contributed by atoms with Crippen LogP contribution in [-0.4, -0.2) is 52.3 Å². The first-order chi connectivity index (χ1) is 16.6. The van der Waals surface area contributed by atoms with E-state index in [1.165, 1.54) is 6.08 Å². The molecule has 0 unspecified atom stereocenters. The topological polar surface area (TPSA) is 107 Å². The first kappa shape index (κ1) is 21.2. The Balaban J connectivity index is 1.39. The second-order valence-corrected chi connectivity index (χ2v) is 7.58. The third kappa shape index (κ3) is 4.31. The summed E-state index contributed by atoms with van der Waals surface area (Å²) in [5.41, 5.74) is 2.75. The molecule has 1 fully saturated rings. The second kappa shape index (κ2) is 9.07. The van der Waals surface area contributed by atoms with Crippen LogP contribution in [0.15, 0.2) is 77.4 Å². The highest BCUT2D eigenvalue weighted by molar-refractivity contribution is 5.98. The molecule has 2 aromatic heterocycles. The molecule has 1 saturated heterocycles. The fourth-order valence-electron chi connectivity index (χ4n) is 3.64.